The molecule has 1 saturated heterocycles. The first kappa shape index (κ1) is 16.6. The maximum atomic E-state index is 11.7. The van der Waals surface area contributed by atoms with Gasteiger partial charge in [-0.1, -0.05) is 29.0 Å². The van der Waals surface area contributed by atoms with E-state index in [2.05, 4.69) is 10.3 Å². The van der Waals surface area contributed by atoms with Crippen molar-refractivity contribution in [1.29, 1.82) is 0 Å². The standard InChI is InChI=1S/C16H18ClN4O3/c1-23-13-5-6-14(17)15(10-13)19-16-18-7-9-21(16)24-11-12-4-2-3-8-20(12)22/h2-6,10H,7-9,11H2,1H3,(H,18,19). The molecule has 2 heterocycles. The molecule has 1 aromatic rings. The summed E-state index contributed by atoms with van der Waals surface area (Å²) in [7, 11) is 1.59. The molecule has 0 unspecified atom stereocenters. The summed E-state index contributed by atoms with van der Waals surface area (Å²) in [5, 5.41) is 17.9. The normalized spacial score (nSPS) is 18.8. The van der Waals surface area contributed by atoms with Crippen molar-refractivity contribution >= 4 is 23.2 Å². The number of aliphatic imine (C=N–C) groups is 1. The summed E-state index contributed by atoms with van der Waals surface area (Å²) in [4.78, 5) is 10.2. The molecule has 0 aliphatic carbocycles. The number of hydrogen-bond acceptors (Lipinski definition) is 4. The fraction of sp³-hybridized carbons (Fsp3) is 0.312. The molecule has 2 aliphatic heterocycles. The predicted molar refractivity (Wildman–Crippen MR) is 90.4 cm³/mol. The summed E-state index contributed by atoms with van der Waals surface area (Å²) >= 11 is 6.18. The average Bonchev–Trinajstić information content (AvgIpc) is 3.03. The summed E-state index contributed by atoms with van der Waals surface area (Å²) in [6.45, 7) is 1.84. The van der Waals surface area contributed by atoms with Gasteiger partial charge in [0.2, 0.25) is 5.96 Å². The van der Waals surface area contributed by atoms with Gasteiger partial charge in [0.15, 0.2) is 0 Å². The maximum Gasteiger partial charge on any atom is 0.223 e. The molecule has 8 heteroatoms. The Morgan fingerprint density at radius 3 is 3.08 bits per heavy atom. The van der Waals surface area contributed by atoms with Crippen LogP contribution in [0.2, 0.25) is 5.02 Å². The van der Waals surface area contributed by atoms with Crippen molar-refractivity contribution in [2.45, 2.75) is 0 Å². The van der Waals surface area contributed by atoms with Crippen molar-refractivity contribution in [3.8, 4) is 5.75 Å². The highest BCUT2D eigenvalue weighted by Gasteiger charge is 2.21. The zero-order chi connectivity index (χ0) is 16.9. The Kier molecular flexibility index (Phi) is 5.24. The lowest BCUT2D eigenvalue weighted by Crippen LogP contribution is -2.33. The van der Waals surface area contributed by atoms with E-state index in [-0.39, 0.29) is 6.61 Å². The van der Waals surface area contributed by atoms with Gasteiger partial charge in [0.05, 0.1) is 36.6 Å². The summed E-state index contributed by atoms with van der Waals surface area (Å²) < 4.78 is 5.19. The molecule has 0 amide bonds. The number of ether oxygens (including phenoxy) is 1. The van der Waals surface area contributed by atoms with Crippen molar-refractivity contribution in [3.63, 3.8) is 0 Å². The summed E-state index contributed by atoms with van der Waals surface area (Å²) in [6.07, 6.45) is 5.39. The molecule has 1 fully saturated rings. The Labute approximate surface area is 145 Å². The van der Waals surface area contributed by atoms with Gasteiger partial charge in [-0.3, -0.25) is 4.84 Å². The summed E-state index contributed by atoms with van der Waals surface area (Å²) in [5.41, 5.74) is 1.16. The molecule has 1 N–H and O–H groups in total. The second-order valence-electron chi connectivity index (χ2n) is 5.20. The van der Waals surface area contributed by atoms with Crippen LogP contribution in [0.25, 0.3) is 0 Å². The average molecular weight is 350 g/mol. The van der Waals surface area contributed by atoms with Crippen LogP contribution in [0.5, 0.6) is 5.75 Å². The van der Waals surface area contributed by atoms with Gasteiger partial charge >= 0.3 is 0 Å². The SMILES string of the molecule is COc1ccc(Cl)c(N=C2NCCN2OCC2=CC=CCN2[O])c1. The Morgan fingerprint density at radius 2 is 2.29 bits per heavy atom. The van der Waals surface area contributed by atoms with Gasteiger partial charge in [0.1, 0.15) is 12.4 Å². The molecule has 24 heavy (non-hydrogen) atoms. The van der Waals surface area contributed by atoms with Crippen molar-refractivity contribution in [1.82, 2.24) is 15.4 Å². The van der Waals surface area contributed by atoms with E-state index in [1.165, 1.54) is 0 Å². The van der Waals surface area contributed by atoms with Gasteiger partial charge < -0.3 is 10.1 Å². The van der Waals surface area contributed by atoms with Crippen molar-refractivity contribution in [2.24, 2.45) is 4.99 Å². The quantitative estimate of drug-likeness (QED) is 0.883. The van der Waals surface area contributed by atoms with Crippen LogP contribution >= 0.6 is 11.6 Å². The van der Waals surface area contributed by atoms with Gasteiger partial charge in [0, 0.05) is 12.6 Å². The fourth-order valence-electron chi connectivity index (χ4n) is 2.30. The summed E-state index contributed by atoms with van der Waals surface area (Å²) in [6, 6.07) is 5.25. The fourth-order valence-corrected chi connectivity index (χ4v) is 2.46. The number of halogens is 1. The zero-order valence-corrected chi connectivity index (χ0v) is 14.0. The predicted octanol–water partition coefficient (Wildman–Crippen LogP) is 2.27. The van der Waals surface area contributed by atoms with Crippen LogP contribution in [0, 0.1) is 0 Å². The molecule has 1 aromatic carbocycles. The lowest BCUT2D eigenvalue weighted by Gasteiger charge is -2.22. The topological polar surface area (TPSA) is 69.2 Å². The molecule has 0 aromatic heterocycles. The summed E-state index contributed by atoms with van der Waals surface area (Å²) in [5.74, 6) is 1.22. The molecule has 0 saturated carbocycles. The number of hydrogen-bond donors (Lipinski definition) is 1. The minimum Gasteiger partial charge on any atom is -0.497 e. The highest BCUT2D eigenvalue weighted by molar-refractivity contribution is 6.33. The molecule has 0 atom stereocenters. The van der Waals surface area contributed by atoms with Gasteiger partial charge in [0.25, 0.3) is 0 Å². The van der Waals surface area contributed by atoms with E-state index in [0.717, 1.165) is 5.06 Å². The van der Waals surface area contributed by atoms with E-state index >= 15 is 0 Å². The lowest BCUT2D eigenvalue weighted by molar-refractivity contribution is -0.148. The Balaban J connectivity index is 1.71. The molecule has 1 radical (unpaired) electrons. The van der Waals surface area contributed by atoms with Crippen LogP contribution in [-0.2, 0) is 10.0 Å². The smallest absolute Gasteiger partial charge is 0.223 e. The molecular formula is C16H18ClN4O3. The van der Waals surface area contributed by atoms with Crippen molar-refractivity contribution in [3.05, 3.63) is 47.1 Å². The van der Waals surface area contributed by atoms with E-state index in [9.17, 15) is 5.21 Å². The Bertz CT molecular complexity index is 690. The number of methoxy groups -OCH3 is 1. The van der Waals surface area contributed by atoms with Crippen LogP contribution in [0.1, 0.15) is 0 Å². The number of nitrogens with one attached hydrogen (secondary N) is 1. The van der Waals surface area contributed by atoms with Crippen LogP contribution in [0.15, 0.2) is 47.1 Å². The minimum absolute atomic E-state index is 0.181. The number of guanidine groups is 1. The van der Waals surface area contributed by atoms with E-state index in [1.54, 1.807) is 42.5 Å². The Hall–Kier alpha value is -2.22. The maximum absolute atomic E-state index is 11.7. The molecule has 0 spiro atoms. The molecule has 3 rings (SSSR count). The molecular weight excluding hydrogens is 332 g/mol. The van der Waals surface area contributed by atoms with Crippen LogP contribution in [-0.4, -0.2) is 49.4 Å². The van der Waals surface area contributed by atoms with Gasteiger partial charge in [-0.15, -0.1) is 0 Å². The Morgan fingerprint density at radius 1 is 1.42 bits per heavy atom. The first-order chi connectivity index (χ1) is 11.7. The van der Waals surface area contributed by atoms with E-state index in [0.29, 0.717) is 47.8 Å². The number of hydroxylamine groups is 4. The molecule has 0 bridgehead atoms. The van der Waals surface area contributed by atoms with Gasteiger partial charge in [-0.2, -0.15) is 0 Å². The van der Waals surface area contributed by atoms with Crippen molar-refractivity contribution in [2.75, 3.05) is 33.4 Å². The second-order valence-corrected chi connectivity index (χ2v) is 5.61. The molecule has 127 valence electrons. The third kappa shape index (κ3) is 3.81. The number of nitrogens with zero attached hydrogens (tertiary/aromatic N) is 3. The minimum atomic E-state index is 0.181. The highest BCUT2D eigenvalue weighted by Crippen LogP contribution is 2.29. The third-order valence-corrected chi connectivity index (χ3v) is 3.92. The number of allylic oxidation sites excluding steroid dienone is 2. The van der Waals surface area contributed by atoms with E-state index in [1.807, 2.05) is 6.08 Å². The van der Waals surface area contributed by atoms with Crippen LogP contribution < -0.4 is 10.1 Å². The molecule has 7 nitrogen and oxygen atoms in total. The van der Waals surface area contributed by atoms with Crippen LogP contribution in [0.3, 0.4) is 0 Å². The monoisotopic (exact) mass is 349 g/mol. The number of rotatable bonds is 5. The number of benzene rings is 1. The van der Waals surface area contributed by atoms with Crippen LogP contribution in [0.4, 0.5) is 5.69 Å². The third-order valence-electron chi connectivity index (χ3n) is 3.60. The lowest BCUT2D eigenvalue weighted by atomic mass is 10.3. The van der Waals surface area contributed by atoms with Crippen molar-refractivity contribution < 1.29 is 14.8 Å². The zero-order valence-electron chi connectivity index (χ0n) is 13.2. The second kappa shape index (κ2) is 7.57. The van der Waals surface area contributed by atoms with Gasteiger partial charge in [-0.25, -0.2) is 15.1 Å². The molecule has 2 aliphatic rings. The largest absolute Gasteiger partial charge is 0.497 e. The highest BCUT2D eigenvalue weighted by atomic mass is 35.5. The first-order valence-electron chi connectivity index (χ1n) is 7.54. The van der Waals surface area contributed by atoms with E-state index in [4.69, 9.17) is 21.2 Å². The van der Waals surface area contributed by atoms with E-state index < -0.39 is 0 Å². The first-order valence-corrected chi connectivity index (χ1v) is 7.92. The van der Waals surface area contributed by atoms with Gasteiger partial charge in [-0.05, 0) is 18.2 Å².